The van der Waals surface area contributed by atoms with Gasteiger partial charge in [0.2, 0.25) is 5.52 Å². The summed E-state index contributed by atoms with van der Waals surface area (Å²) in [5.41, 5.74) is 4.58. The maximum absolute atomic E-state index is 5.35. The molecule has 4 N–H and O–H groups in total. The highest BCUT2D eigenvalue weighted by molar-refractivity contribution is 5.86. The minimum Gasteiger partial charge on any atom is -0.318 e. The number of pyridine rings is 1. The largest absolute Gasteiger partial charge is 0.318 e. The number of H-pyrrole nitrogens is 1. The van der Waals surface area contributed by atoms with Crippen LogP contribution < -0.4 is 16.3 Å². The molecule has 0 spiro atoms. The van der Waals surface area contributed by atoms with Crippen molar-refractivity contribution in [3.63, 3.8) is 0 Å². The molecule has 0 radical (unpaired) electrons. The van der Waals surface area contributed by atoms with Crippen LogP contribution in [0.3, 0.4) is 0 Å². The number of fused-ring (bicyclic) bond motifs is 1. The Morgan fingerprint density at radius 1 is 1.15 bits per heavy atom. The average Bonchev–Trinajstić information content (AvgIpc) is 2.17. The van der Waals surface area contributed by atoms with Gasteiger partial charge >= 0.3 is 0 Å². The molecule has 68 valence electrons. The van der Waals surface area contributed by atoms with Gasteiger partial charge in [-0.3, -0.25) is 5.84 Å². The Morgan fingerprint density at radius 2 is 1.92 bits per heavy atom. The Balaban J connectivity index is 0.000000845. The van der Waals surface area contributed by atoms with Gasteiger partial charge in [0.05, 0.1) is 0 Å². The van der Waals surface area contributed by atoms with Crippen LogP contribution in [0.25, 0.3) is 10.9 Å². The van der Waals surface area contributed by atoms with E-state index in [0.29, 0.717) is 0 Å². The van der Waals surface area contributed by atoms with Crippen molar-refractivity contribution in [2.75, 3.05) is 5.43 Å². The van der Waals surface area contributed by atoms with E-state index >= 15 is 0 Å². The second-order valence-electron chi connectivity index (χ2n) is 2.58. The number of nitrogens with one attached hydrogen (secondary N) is 2. The zero-order chi connectivity index (χ0) is 8.39. The van der Waals surface area contributed by atoms with Crippen molar-refractivity contribution in [3.8, 4) is 0 Å². The van der Waals surface area contributed by atoms with Gasteiger partial charge in [-0.25, -0.2) is 4.98 Å². The summed E-state index contributed by atoms with van der Waals surface area (Å²) in [6.07, 6.45) is 1.88. The highest BCUT2D eigenvalue weighted by Crippen LogP contribution is 2.16. The maximum Gasteiger partial charge on any atom is 0.235 e. The van der Waals surface area contributed by atoms with Crippen LogP contribution in [0.1, 0.15) is 0 Å². The third-order valence-corrected chi connectivity index (χ3v) is 1.85. The first-order valence-electron chi connectivity index (χ1n) is 3.78. The Hall–Kier alpha value is -1.32. The number of rotatable bonds is 1. The van der Waals surface area contributed by atoms with E-state index in [4.69, 9.17) is 5.84 Å². The van der Waals surface area contributed by atoms with Crippen LogP contribution >= 0.6 is 12.4 Å². The van der Waals surface area contributed by atoms with Crippen molar-refractivity contribution in [1.82, 2.24) is 0 Å². The summed E-state index contributed by atoms with van der Waals surface area (Å²) in [7, 11) is 0. The molecule has 0 bridgehead atoms. The Kier molecular flexibility index (Phi) is 3.06. The molecule has 2 aromatic rings. The topological polar surface area (TPSA) is 52.2 Å². The zero-order valence-corrected chi connectivity index (χ0v) is 7.77. The van der Waals surface area contributed by atoms with Crippen molar-refractivity contribution in [1.29, 1.82) is 0 Å². The summed E-state index contributed by atoms with van der Waals surface area (Å²) in [6.45, 7) is 0. The number of benzene rings is 1. The Bertz CT molecular complexity index is 397. The first-order valence-corrected chi connectivity index (χ1v) is 3.78. The van der Waals surface area contributed by atoms with Crippen molar-refractivity contribution in [2.24, 2.45) is 5.84 Å². The normalized spacial score (nSPS) is 9.31. The van der Waals surface area contributed by atoms with Crippen LogP contribution in [0.4, 0.5) is 5.69 Å². The molecule has 13 heavy (non-hydrogen) atoms. The van der Waals surface area contributed by atoms with Gasteiger partial charge in [-0.05, 0) is 18.2 Å². The number of anilines is 1. The number of hydrogen-bond donors (Lipinski definition) is 2. The highest BCUT2D eigenvalue weighted by atomic mass is 35.5. The van der Waals surface area contributed by atoms with Gasteiger partial charge in [0, 0.05) is 11.5 Å². The van der Waals surface area contributed by atoms with Gasteiger partial charge in [0.25, 0.3) is 0 Å². The molecule has 3 nitrogen and oxygen atoms in total. The van der Waals surface area contributed by atoms with Crippen molar-refractivity contribution >= 4 is 29.0 Å². The quantitative estimate of drug-likeness (QED) is 0.535. The third kappa shape index (κ3) is 1.71. The number of nitrogens with two attached hydrogens (primary N) is 1. The van der Waals surface area contributed by atoms with Gasteiger partial charge in [0.1, 0.15) is 5.69 Å². The van der Waals surface area contributed by atoms with E-state index in [1.165, 1.54) is 0 Å². The number of aromatic nitrogens is 1. The van der Waals surface area contributed by atoms with Crippen LogP contribution in [-0.4, -0.2) is 0 Å². The molecule has 0 aliphatic heterocycles. The summed E-state index contributed by atoms with van der Waals surface area (Å²) in [4.78, 5) is 3.13. The van der Waals surface area contributed by atoms with E-state index in [9.17, 15) is 0 Å². The molecule has 0 aliphatic rings. The fourth-order valence-electron chi connectivity index (χ4n) is 1.27. The number of aromatic amines is 1. The molecular weight excluding hydrogens is 186 g/mol. The molecule has 0 saturated carbocycles. The molecule has 4 heteroatoms. The lowest BCUT2D eigenvalue weighted by molar-refractivity contribution is -0.344. The standard InChI is InChI=1S/C9H9N3.ClH/c10-12-8-5-1-3-7-4-2-6-11-9(7)8;/h1-6,12H,10H2;1H/p+1. The van der Waals surface area contributed by atoms with Crippen molar-refractivity contribution < 1.29 is 4.98 Å². The second kappa shape index (κ2) is 4.07. The molecule has 0 atom stereocenters. The molecular formula is C9H11ClN3+. The van der Waals surface area contributed by atoms with Gasteiger partial charge in [0.15, 0.2) is 6.20 Å². The van der Waals surface area contributed by atoms with Crippen molar-refractivity contribution in [3.05, 3.63) is 36.5 Å². The Morgan fingerprint density at radius 3 is 2.69 bits per heavy atom. The summed E-state index contributed by atoms with van der Waals surface area (Å²) in [5.74, 6) is 5.35. The lowest BCUT2D eigenvalue weighted by atomic mass is 10.2. The zero-order valence-electron chi connectivity index (χ0n) is 6.95. The second-order valence-corrected chi connectivity index (χ2v) is 2.58. The predicted octanol–water partition coefficient (Wildman–Crippen LogP) is 1.36. The number of nitrogen functional groups attached to an aromatic ring is 1. The Labute approximate surface area is 82.3 Å². The molecule has 0 unspecified atom stereocenters. The lowest BCUT2D eigenvalue weighted by Crippen LogP contribution is -2.11. The SMILES string of the molecule is Cl.NNc1cccc2ccc[nH+]c12. The van der Waals surface area contributed by atoms with Crippen molar-refractivity contribution in [2.45, 2.75) is 0 Å². The van der Waals surface area contributed by atoms with Crippen LogP contribution in [0.2, 0.25) is 0 Å². The summed E-state index contributed by atoms with van der Waals surface area (Å²) >= 11 is 0. The predicted molar refractivity (Wildman–Crippen MR) is 55.6 cm³/mol. The number of hydrazine groups is 1. The number of para-hydroxylation sites is 1. The van der Waals surface area contributed by atoms with E-state index < -0.39 is 0 Å². The van der Waals surface area contributed by atoms with Crippen LogP contribution in [0, 0.1) is 0 Å². The van der Waals surface area contributed by atoms with Crippen LogP contribution in [-0.2, 0) is 0 Å². The van der Waals surface area contributed by atoms with E-state index in [-0.39, 0.29) is 12.4 Å². The molecule has 0 fully saturated rings. The lowest BCUT2D eigenvalue weighted by Gasteiger charge is -1.98. The van der Waals surface area contributed by atoms with Crippen LogP contribution in [0.5, 0.6) is 0 Å². The van der Waals surface area contributed by atoms with Gasteiger partial charge in [-0.2, -0.15) is 0 Å². The summed E-state index contributed by atoms with van der Waals surface area (Å²) in [6, 6.07) is 9.92. The fourth-order valence-corrected chi connectivity index (χ4v) is 1.27. The maximum atomic E-state index is 5.35. The minimum absolute atomic E-state index is 0. The first-order chi connectivity index (χ1) is 5.92. The molecule has 1 aromatic heterocycles. The van der Waals surface area contributed by atoms with E-state index in [0.717, 1.165) is 16.6 Å². The smallest absolute Gasteiger partial charge is 0.235 e. The average molecular weight is 197 g/mol. The molecule has 0 saturated heterocycles. The first kappa shape index (κ1) is 9.77. The van der Waals surface area contributed by atoms with E-state index in [2.05, 4.69) is 10.4 Å². The molecule has 0 aliphatic carbocycles. The van der Waals surface area contributed by atoms with Gasteiger partial charge in [-0.1, -0.05) is 6.07 Å². The minimum atomic E-state index is 0. The monoisotopic (exact) mass is 196 g/mol. The van der Waals surface area contributed by atoms with E-state index in [1.54, 1.807) is 0 Å². The van der Waals surface area contributed by atoms with Gasteiger partial charge < -0.3 is 5.43 Å². The molecule has 1 aromatic carbocycles. The number of halogens is 1. The number of hydrogen-bond acceptors (Lipinski definition) is 2. The third-order valence-electron chi connectivity index (χ3n) is 1.85. The van der Waals surface area contributed by atoms with E-state index in [1.807, 2.05) is 36.5 Å². The van der Waals surface area contributed by atoms with Crippen LogP contribution in [0.15, 0.2) is 36.5 Å². The van der Waals surface area contributed by atoms with Gasteiger partial charge in [-0.15, -0.1) is 12.4 Å². The molecule has 0 amide bonds. The summed E-state index contributed by atoms with van der Waals surface area (Å²) < 4.78 is 0. The fraction of sp³-hybridized carbons (Fsp3) is 0. The molecule has 1 heterocycles. The highest BCUT2D eigenvalue weighted by Gasteiger charge is 2.03. The molecule has 2 rings (SSSR count). The summed E-state index contributed by atoms with van der Waals surface area (Å²) in [5, 5.41) is 1.15.